The Morgan fingerprint density at radius 1 is 0.891 bits per heavy atom. The van der Waals surface area contributed by atoms with E-state index in [1.54, 1.807) is 60.5 Å². The largest absolute Gasteiger partial charge is 0.470 e. The van der Waals surface area contributed by atoms with Crippen LogP contribution in [0.5, 0.6) is 0 Å². The van der Waals surface area contributed by atoms with E-state index in [1.807, 2.05) is 0 Å². The number of carbonyl (C=O) groups is 2. The standard InChI is InChI=1S/C37H68NO16P/c1-14-25-37(10,44)30(40)20(4)27(39)18(2)16-35(8,43)32(53-34-29(54-55(45,46)47)24(38(11)12)15-19(3)49-34)21(5)28(22(6)33(42)51-25)52-26-17-36(9,48-13)31(41)23(7)50-26/h18-26,28-32,34,40-41,43-44H,14-17H2,1-13H3,(H2,45,46,47)/t18-,19-,20+,21+,22-,23+,24+,25?,26+,28?,29-,30-,31+,32-,34+,35-,36-,37-/m1/s1. The van der Waals surface area contributed by atoms with Crippen LogP contribution in [-0.2, 0) is 47.1 Å². The van der Waals surface area contributed by atoms with Gasteiger partial charge in [0.05, 0.1) is 47.6 Å². The number of ketones is 1. The molecule has 18 atom stereocenters. The van der Waals surface area contributed by atoms with E-state index < -0.39 is 128 Å². The highest BCUT2D eigenvalue weighted by Gasteiger charge is 2.54. The number of phosphoric ester groups is 1. The number of ether oxygens (including phenoxy) is 6. The second-order valence-electron chi connectivity index (χ2n) is 17.0. The maximum absolute atomic E-state index is 14.2. The molecule has 3 saturated heterocycles. The SMILES string of the molecule is CCC1OC(=O)[C@H](C)C(O[C@H]2C[C@@](C)(OC)[C@@H](O)[C@H](C)O2)[C@H](C)[C@@H](O[C@@H]2O[C@H](C)C[C@H](N(C)C)[C@H]2OP(=O)(O)O)[C@](C)(O)C[C@@H](C)C(=O)[C@H](C)[C@@H](O)[C@]1(C)O. The van der Waals surface area contributed by atoms with Crippen molar-refractivity contribution in [2.45, 2.75) is 179 Å². The summed E-state index contributed by atoms with van der Waals surface area (Å²) in [7, 11) is -0.246. The molecule has 6 N–H and O–H groups in total. The molecule has 0 aromatic heterocycles. The van der Waals surface area contributed by atoms with Gasteiger partial charge >= 0.3 is 13.8 Å². The van der Waals surface area contributed by atoms with Gasteiger partial charge in [0.2, 0.25) is 0 Å². The van der Waals surface area contributed by atoms with Crippen molar-refractivity contribution in [3.05, 3.63) is 0 Å². The summed E-state index contributed by atoms with van der Waals surface area (Å²) in [6.07, 6.45) is -11.6. The maximum atomic E-state index is 14.2. The van der Waals surface area contributed by atoms with Gasteiger partial charge < -0.3 is 63.5 Å². The van der Waals surface area contributed by atoms with E-state index in [-0.39, 0.29) is 19.3 Å². The van der Waals surface area contributed by atoms with Crippen molar-refractivity contribution in [3.8, 4) is 0 Å². The van der Waals surface area contributed by atoms with E-state index in [4.69, 9.17) is 32.9 Å². The number of Topliss-reactive ketones (excluding diaryl/α,β-unsaturated/α-hetero) is 1. The summed E-state index contributed by atoms with van der Waals surface area (Å²) in [5.41, 5.74) is -5.12. The second-order valence-corrected chi connectivity index (χ2v) is 18.2. The number of esters is 1. The van der Waals surface area contributed by atoms with Crippen molar-refractivity contribution < 1.29 is 77.3 Å². The number of aliphatic hydroxyl groups excluding tert-OH is 2. The minimum Gasteiger partial charge on any atom is -0.459 e. The Morgan fingerprint density at radius 2 is 1.49 bits per heavy atom. The molecule has 0 amide bonds. The van der Waals surface area contributed by atoms with Crippen LogP contribution < -0.4 is 0 Å². The number of nitrogens with zero attached hydrogens (tertiary/aromatic N) is 1. The van der Waals surface area contributed by atoms with Gasteiger partial charge in [-0.2, -0.15) is 0 Å². The summed E-state index contributed by atoms with van der Waals surface area (Å²) in [6, 6.07) is -0.613. The minimum absolute atomic E-state index is 0.0236. The van der Waals surface area contributed by atoms with E-state index in [0.717, 1.165) is 0 Å². The lowest BCUT2D eigenvalue weighted by Crippen LogP contribution is -2.61. The molecular formula is C37H68NO16P. The van der Waals surface area contributed by atoms with Gasteiger partial charge in [-0.05, 0) is 74.9 Å². The van der Waals surface area contributed by atoms with Crippen LogP contribution in [0.4, 0.5) is 0 Å². The predicted octanol–water partition coefficient (Wildman–Crippen LogP) is 1.90. The smallest absolute Gasteiger partial charge is 0.459 e. The lowest BCUT2D eigenvalue weighted by molar-refractivity contribution is -0.316. The van der Waals surface area contributed by atoms with E-state index in [2.05, 4.69) is 0 Å². The average molecular weight is 814 g/mol. The highest BCUT2D eigenvalue weighted by molar-refractivity contribution is 7.46. The first-order chi connectivity index (χ1) is 25.1. The van der Waals surface area contributed by atoms with Crippen LogP contribution in [0.1, 0.15) is 94.9 Å². The van der Waals surface area contributed by atoms with Crippen LogP contribution in [0.2, 0.25) is 0 Å². The fraction of sp³-hybridized carbons (Fsp3) is 0.946. The van der Waals surface area contributed by atoms with Crippen molar-refractivity contribution in [1.29, 1.82) is 0 Å². The quantitative estimate of drug-likeness (QED) is 0.144. The summed E-state index contributed by atoms with van der Waals surface area (Å²) >= 11 is 0. The summed E-state index contributed by atoms with van der Waals surface area (Å²) < 4.78 is 54.7. The number of rotatable bonds is 9. The van der Waals surface area contributed by atoms with Crippen LogP contribution >= 0.6 is 7.82 Å². The molecular weight excluding hydrogens is 745 g/mol. The molecule has 0 spiro atoms. The summed E-state index contributed by atoms with van der Waals surface area (Å²) in [6.45, 7) is 15.7. The number of methoxy groups -OCH3 is 1. The van der Waals surface area contributed by atoms with Crippen LogP contribution in [0.3, 0.4) is 0 Å². The highest BCUT2D eigenvalue weighted by Crippen LogP contribution is 2.45. The zero-order valence-electron chi connectivity index (χ0n) is 34.6. The molecule has 2 unspecified atom stereocenters. The van der Waals surface area contributed by atoms with Gasteiger partial charge in [0.15, 0.2) is 12.6 Å². The highest BCUT2D eigenvalue weighted by atomic mass is 31.2. The molecule has 3 aliphatic rings. The molecule has 322 valence electrons. The van der Waals surface area contributed by atoms with Gasteiger partial charge in [-0.15, -0.1) is 0 Å². The molecule has 0 aromatic carbocycles. The monoisotopic (exact) mass is 813 g/mol. The first-order valence-electron chi connectivity index (χ1n) is 19.2. The van der Waals surface area contributed by atoms with Gasteiger partial charge in [0.1, 0.15) is 29.7 Å². The van der Waals surface area contributed by atoms with Gasteiger partial charge in [0, 0.05) is 37.3 Å². The molecule has 17 nitrogen and oxygen atoms in total. The van der Waals surface area contributed by atoms with E-state index >= 15 is 0 Å². The van der Waals surface area contributed by atoms with Gasteiger partial charge in [-0.1, -0.05) is 27.7 Å². The second kappa shape index (κ2) is 18.4. The Balaban J connectivity index is 2.25. The van der Waals surface area contributed by atoms with E-state index in [9.17, 15) is 44.4 Å². The van der Waals surface area contributed by atoms with E-state index in [1.165, 1.54) is 34.8 Å². The molecule has 3 rings (SSSR count). The number of phosphoric acid groups is 1. The lowest BCUT2D eigenvalue weighted by Gasteiger charge is -2.49. The van der Waals surface area contributed by atoms with Gasteiger partial charge in [-0.3, -0.25) is 14.1 Å². The predicted molar refractivity (Wildman–Crippen MR) is 197 cm³/mol. The molecule has 3 heterocycles. The number of likely N-dealkylation sites (N-methyl/N-ethyl adjacent to an activating group) is 1. The van der Waals surface area contributed by atoms with Crippen LogP contribution in [-0.4, -0.2) is 152 Å². The van der Waals surface area contributed by atoms with Crippen molar-refractivity contribution in [2.24, 2.45) is 23.7 Å². The van der Waals surface area contributed by atoms with Crippen LogP contribution in [0.25, 0.3) is 0 Å². The normalized spacial score (nSPS) is 47.3. The fourth-order valence-electron chi connectivity index (χ4n) is 8.67. The zero-order chi connectivity index (χ0) is 42.2. The van der Waals surface area contributed by atoms with E-state index in [0.29, 0.717) is 6.42 Å². The Hall–Kier alpha value is -1.15. The molecule has 3 aliphatic heterocycles. The number of carbonyl (C=O) groups excluding carboxylic acids is 2. The molecule has 3 fully saturated rings. The Bertz CT molecular complexity index is 1340. The molecule has 0 bridgehead atoms. The first-order valence-corrected chi connectivity index (χ1v) is 20.8. The van der Waals surface area contributed by atoms with Crippen molar-refractivity contribution in [1.82, 2.24) is 4.90 Å². The zero-order valence-corrected chi connectivity index (χ0v) is 35.5. The Morgan fingerprint density at radius 3 is 2.02 bits per heavy atom. The van der Waals surface area contributed by atoms with Gasteiger partial charge in [0.25, 0.3) is 0 Å². The third-order valence-corrected chi connectivity index (χ3v) is 12.6. The molecule has 0 aromatic rings. The van der Waals surface area contributed by atoms with Crippen molar-refractivity contribution in [3.63, 3.8) is 0 Å². The topological polar surface area (TPSA) is 240 Å². The van der Waals surface area contributed by atoms with Crippen LogP contribution in [0.15, 0.2) is 0 Å². The number of hydrogen-bond acceptors (Lipinski definition) is 15. The lowest BCUT2D eigenvalue weighted by atomic mass is 9.74. The molecule has 55 heavy (non-hydrogen) atoms. The van der Waals surface area contributed by atoms with Crippen molar-refractivity contribution >= 4 is 19.6 Å². The molecule has 0 aliphatic carbocycles. The van der Waals surface area contributed by atoms with Crippen molar-refractivity contribution in [2.75, 3.05) is 21.2 Å². The maximum Gasteiger partial charge on any atom is 0.470 e. The minimum atomic E-state index is -5.12. The third kappa shape index (κ3) is 11.1. The summed E-state index contributed by atoms with van der Waals surface area (Å²) in [5, 5.41) is 46.4. The fourth-order valence-corrected chi connectivity index (χ4v) is 9.22. The molecule has 18 heteroatoms. The summed E-state index contributed by atoms with van der Waals surface area (Å²) in [5.74, 6) is -5.57. The average Bonchev–Trinajstić information content (AvgIpc) is 3.08. The third-order valence-electron chi connectivity index (χ3n) is 12.1. The van der Waals surface area contributed by atoms with Gasteiger partial charge in [-0.25, -0.2) is 4.57 Å². The molecule has 0 saturated carbocycles. The Labute approximate surface area is 325 Å². The first kappa shape index (κ1) is 48.2. The summed E-state index contributed by atoms with van der Waals surface area (Å²) in [4.78, 5) is 49.7. The number of aliphatic hydroxyl groups is 4. The Kier molecular flexibility index (Phi) is 16.1. The number of cyclic esters (lactones) is 1. The molecule has 0 radical (unpaired) electrons. The number of hydrogen-bond donors (Lipinski definition) is 6. The van der Waals surface area contributed by atoms with Crippen LogP contribution in [0, 0.1) is 23.7 Å².